The third-order valence-corrected chi connectivity index (χ3v) is 5.41. The second kappa shape index (κ2) is 9.46. The molecule has 1 saturated heterocycles. The van der Waals surface area contributed by atoms with Crippen LogP contribution in [0.4, 0.5) is 17.1 Å². The number of benzene rings is 2. The Labute approximate surface area is 181 Å². The summed E-state index contributed by atoms with van der Waals surface area (Å²) in [6.07, 6.45) is 0. The largest absolute Gasteiger partial charge is 0.378 e. The van der Waals surface area contributed by atoms with Crippen LogP contribution in [-0.2, 0) is 11.3 Å². The molecule has 0 radical (unpaired) electrons. The average molecular weight is 425 g/mol. The molecule has 1 aliphatic rings. The van der Waals surface area contributed by atoms with Crippen LogP contribution in [0.15, 0.2) is 42.5 Å². The van der Waals surface area contributed by atoms with Crippen molar-refractivity contribution >= 4 is 28.9 Å². The van der Waals surface area contributed by atoms with E-state index in [-0.39, 0.29) is 23.1 Å². The van der Waals surface area contributed by atoms with Crippen LogP contribution >= 0.6 is 0 Å². The number of hydrogen-bond acceptors (Lipinski definition) is 6. The summed E-state index contributed by atoms with van der Waals surface area (Å²) in [5, 5.41) is 14.5. The Morgan fingerprint density at radius 2 is 1.71 bits per heavy atom. The highest BCUT2D eigenvalue weighted by atomic mass is 16.6. The molecule has 2 amide bonds. The number of nitrogens with zero attached hydrogens (tertiary/aromatic N) is 4. The number of nitro groups is 1. The number of carbonyl (C=O) groups excluding carboxylic acids is 2. The molecular weight excluding hydrogens is 398 g/mol. The van der Waals surface area contributed by atoms with Gasteiger partial charge in [-0.05, 0) is 29.8 Å². The van der Waals surface area contributed by atoms with Crippen LogP contribution in [-0.4, -0.2) is 61.9 Å². The zero-order valence-electron chi connectivity index (χ0n) is 18.0. The molecule has 164 valence electrons. The Morgan fingerprint density at radius 3 is 2.26 bits per heavy atom. The quantitative estimate of drug-likeness (QED) is 0.563. The molecule has 0 aromatic heterocycles. The molecule has 1 aliphatic heterocycles. The average Bonchev–Trinajstić information content (AvgIpc) is 2.77. The van der Waals surface area contributed by atoms with Gasteiger partial charge < -0.3 is 20.0 Å². The van der Waals surface area contributed by atoms with Gasteiger partial charge in [0.05, 0.1) is 4.92 Å². The van der Waals surface area contributed by atoms with Gasteiger partial charge >= 0.3 is 0 Å². The maximum Gasteiger partial charge on any atom is 0.293 e. The van der Waals surface area contributed by atoms with Gasteiger partial charge in [-0.2, -0.15) is 0 Å². The van der Waals surface area contributed by atoms with Gasteiger partial charge in [0.25, 0.3) is 11.6 Å². The molecular formula is C22H27N5O4. The fourth-order valence-electron chi connectivity index (χ4n) is 3.54. The summed E-state index contributed by atoms with van der Waals surface area (Å²) in [6.45, 7) is 3.89. The number of nitrogens with one attached hydrogen (secondary N) is 1. The molecule has 0 unspecified atom stereocenters. The minimum absolute atomic E-state index is 0.00229. The molecule has 9 nitrogen and oxygen atoms in total. The second-order valence-corrected chi connectivity index (χ2v) is 7.70. The molecule has 31 heavy (non-hydrogen) atoms. The number of hydrogen-bond donors (Lipinski definition) is 1. The number of piperazine rings is 1. The van der Waals surface area contributed by atoms with Crippen LogP contribution in [0.1, 0.15) is 22.8 Å². The van der Waals surface area contributed by atoms with Crippen molar-refractivity contribution in [2.45, 2.75) is 13.5 Å². The molecule has 0 bridgehead atoms. The van der Waals surface area contributed by atoms with Crippen molar-refractivity contribution in [2.24, 2.45) is 0 Å². The second-order valence-electron chi connectivity index (χ2n) is 7.70. The molecule has 1 heterocycles. The highest BCUT2D eigenvalue weighted by molar-refractivity contribution is 5.95. The van der Waals surface area contributed by atoms with Crippen molar-refractivity contribution in [3.8, 4) is 0 Å². The van der Waals surface area contributed by atoms with Gasteiger partial charge in [0.1, 0.15) is 5.69 Å². The lowest BCUT2D eigenvalue weighted by atomic mass is 10.1. The molecule has 0 aliphatic carbocycles. The predicted molar refractivity (Wildman–Crippen MR) is 120 cm³/mol. The monoisotopic (exact) mass is 425 g/mol. The fraction of sp³-hybridized carbons (Fsp3) is 0.364. The Bertz CT molecular complexity index is 966. The summed E-state index contributed by atoms with van der Waals surface area (Å²) in [5.41, 5.74) is 2.59. The van der Waals surface area contributed by atoms with Gasteiger partial charge in [-0.1, -0.05) is 12.1 Å². The van der Waals surface area contributed by atoms with E-state index in [1.54, 1.807) is 17.0 Å². The first-order valence-corrected chi connectivity index (χ1v) is 10.1. The Morgan fingerprint density at radius 1 is 1.06 bits per heavy atom. The Kier molecular flexibility index (Phi) is 6.74. The van der Waals surface area contributed by atoms with Gasteiger partial charge in [-0.15, -0.1) is 0 Å². The maximum absolute atomic E-state index is 12.6. The summed E-state index contributed by atoms with van der Waals surface area (Å²) in [6, 6.07) is 12.3. The SMILES string of the molecule is CC(=O)N1CCN(c2ccc(C(=O)NCc3ccc(N(C)C)cc3)cc2[N+](=O)[O-])CC1. The highest BCUT2D eigenvalue weighted by Gasteiger charge is 2.25. The van der Waals surface area contributed by atoms with E-state index < -0.39 is 4.92 Å². The Hall–Kier alpha value is -3.62. The number of anilines is 2. The molecule has 0 spiro atoms. The predicted octanol–water partition coefficient (Wildman–Crippen LogP) is 2.26. The molecule has 0 atom stereocenters. The summed E-state index contributed by atoms with van der Waals surface area (Å²) < 4.78 is 0. The van der Waals surface area contributed by atoms with Crippen molar-refractivity contribution in [1.82, 2.24) is 10.2 Å². The molecule has 1 N–H and O–H groups in total. The van der Waals surface area contributed by atoms with Crippen molar-refractivity contribution in [2.75, 3.05) is 50.1 Å². The zero-order valence-corrected chi connectivity index (χ0v) is 18.0. The summed E-state index contributed by atoms with van der Waals surface area (Å²) in [7, 11) is 3.91. The standard InChI is InChI=1S/C22H27N5O4/c1-16(28)25-10-12-26(13-11-25)20-9-6-18(14-21(20)27(30)31)22(29)23-15-17-4-7-19(8-5-17)24(2)3/h4-9,14H,10-13,15H2,1-3H3,(H,23,29). The molecule has 1 fully saturated rings. The van der Waals surface area contributed by atoms with Gasteiger partial charge in [0.15, 0.2) is 0 Å². The van der Waals surface area contributed by atoms with Crippen LogP contribution in [0.2, 0.25) is 0 Å². The van der Waals surface area contributed by atoms with Crippen molar-refractivity contribution < 1.29 is 14.5 Å². The first-order chi connectivity index (χ1) is 14.8. The zero-order chi connectivity index (χ0) is 22.5. The minimum Gasteiger partial charge on any atom is -0.378 e. The minimum atomic E-state index is -0.469. The lowest BCUT2D eigenvalue weighted by Crippen LogP contribution is -2.48. The normalized spacial score (nSPS) is 13.6. The van der Waals surface area contributed by atoms with Crippen LogP contribution < -0.4 is 15.1 Å². The number of amides is 2. The third-order valence-electron chi connectivity index (χ3n) is 5.41. The lowest BCUT2D eigenvalue weighted by Gasteiger charge is -2.35. The summed E-state index contributed by atoms with van der Waals surface area (Å²) in [5.74, 6) is -0.370. The van der Waals surface area contributed by atoms with Crippen molar-refractivity contribution in [1.29, 1.82) is 0 Å². The lowest BCUT2D eigenvalue weighted by molar-refractivity contribution is -0.384. The van der Waals surface area contributed by atoms with Crippen LogP contribution in [0, 0.1) is 10.1 Å². The molecule has 9 heteroatoms. The summed E-state index contributed by atoms with van der Waals surface area (Å²) >= 11 is 0. The first kappa shape index (κ1) is 22.1. The van der Waals surface area contributed by atoms with E-state index >= 15 is 0 Å². The topological polar surface area (TPSA) is 99.0 Å². The van der Waals surface area contributed by atoms with E-state index in [0.29, 0.717) is 38.4 Å². The van der Waals surface area contributed by atoms with Crippen LogP contribution in [0.25, 0.3) is 0 Å². The van der Waals surface area contributed by atoms with Crippen LogP contribution in [0.3, 0.4) is 0 Å². The fourth-order valence-corrected chi connectivity index (χ4v) is 3.54. The maximum atomic E-state index is 12.6. The van der Waals surface area contributed by atoms with Crippen molar-refractivity contribution in [3.63, 3.8) is 0 Å². The molecule has 2 aromatic carbocycles. The molecule has 2 aromatic rings. The van der Waals surface area contributed by atoms with E-state index in [0.717, 1.165) is 11.3 Å². The number of carbonyl (C=O) groups is 2. The van der Waals surface area contributed by atoms with E-state index in [1.807, 2.05) is 48.2 Å². The molecule has 3 rings (SSSR count). The van der Waals surface area contributed by atoms with E-state index in [4.69, 9.17) is 0 Å². The van der Waals surface area contributed by atoms with Gasteiger partial charge in [0, 0.05) is 71.1 Å². The smallest absolute Gasteiger partial charge is 0.293 e. The van der Waals surface area contributed by atoms with Crippen molar-refractivity contribution in [3.05, 3.63) is 63.7 Å². The summed E-state index contributed by atoms with van der Waals surface area (Å²) in [4.78, 5) is 40.8. The number of rotatable bonds is 6. The number of nitro benzene ring substituents is 1. The van der Waals surface area contributed by atoms with E-state index in [2.05, 4.69) is 5.32 Å². The Balaban J connectivity index is 1.69. The van der Waals surface area contributed by atoms with Gasteiger partial charge in [-0.25, -0.2) is 0 Å². The third kappa shape index (κ3) is 5.30. The van der Waals surface area contributed by atoms with E-state index in [1.165, 1.54) is 13.0 Å². The highest BCUT2D eigenvalue weighted by Crippen LogP contribution is 2.30. The first-order valence-electron chi connectivity index (χ1n) is 10.1. The van der Waals surface area contributed by atoms with E-state index in [9.17, 15) is 19.7 Å². The van der Waals surface area contributed by atoms with Gasteiger partial charge in [0.2, 0.25) is 5.91 Å². The van der Waals surface area contributed by atoms with Crippen LogP contribution in [0.5, 0.6) is 0 Å². The van der Waals surface area contributed by atoms with Gasteiger partial charge in [-0.3, -0.25) is 19.7 Å². The molecule has 0 saturated carbocycles.